The number of pyridine rings is 1. The van der Waals surface area contributed by atoms with Crippen molar-refractivity contribution < 1.29 is 14.3 Å². The molecule has 0 fully saturated rings. The van der Waals surface area contributed by atoms with Gasteiger partial charge in [0.1, 0.15) is 5.75 Å². The quantitative estimate of drug-likeness (QED) is 0.574. The van der Waals surface area contributed by atoms with Crippen LogP contribution in [-0.4, -0.2) is 18.1 Å². The maximum Gasteiger partial charge on any atom is 0.339 e. The van der Waals surface area contributed by atoms with E-state index in [1.807, 2.05) is 13.0 Å². The number of hydrogen-bond acceptors (Lipinski definition) is 4. The molecule has 0 aliphatic heterocycles. The molecule has 1 aromatic carbocycles. The van der Waals surface area contributed by atoms with Gasteiger partial charge in [0.25, 0.3) is 0 Å². The Bertz CT molecular complexity index is 644. The van der Waals surface area contributed by atoms with E-state index in [4.69, 9.17) is 16.3 Å². The number of alkyl halides is 1. The number of carbonyl (C=O) groups is 1. The fourth-order valence-corrected chi connectivity index (χ4v) is 2.25. The summed E-state index contributed by atoms with van der Waals surface area (Å²) in [6.07, 6.45) is 1.41. The average Bonchev–Trinajstić information content (AvgIpc) is 2.49. The lowest BCUT2D eigenvalue weighted by Gasteiger charge is -2.12. The van der Waals surface area contributed by atoms with Gasteiger partial charge in [-0.1, -0.05) is 27.5 Å². The van der Waals surface area contributed by atoms with Crippen LogP contribution >= 0.6 is 27.5 Å². The van der Waals surface area contributed by atoms with E-state index in [-0.39, 0.29) is 4.83 Å². The van der Waals surface area contributed by atoms with E-state index in [0.29, 0.717) is 22.2 Å². The Morgan fingerprint density at radius 3 is 2.67 bits per heavy atom. The molecule has 2 rings (SSSR count). The maximum absolute atomic E-state index is 11.3. The minimum Gasteiger partial charge on any atom is -0.465 e. The third kappa shape index (κ3) is 3.95. The van der Waals surface area contributed by atoms with Gasteiger partial charge in [0.05, 0.1) is 12.7 Å². The van der Waals surface area contributed by atoms with E-state index in [2.05, 4.69) is 25.7 Å². The molecule has 21 heavy (non-hydrogen) atoms. The van der Waals surface area contributed by atoms with Gasteiger partial charge < -0.3 is 9.47 Å². The first kappa shape index (κ1) is 15.8. The molecule has 0 N–H and O–H groups in total. The molecule has 6 heteroatoms. The number of halogens is 2. The Morgan fingerprint density at radius 1 is 1.33 bits per heavy atom. The van der Waals surface area contributed by atoms with Crippen molar-refractivity contribution in [1.82, 2.24) is 4.98 Å². The first-order valence-corrected chi connectivity index (χ1v) is 7.46. The summed E-state index contributed by atoms with van der Waals surface area (Å²) in [5.74, 6) is 0.608. The van der Waals surface area contributed by atoms with E-state index in [0.717, 1.165) is 5.56 Å². The summed E-state index contributed by atoms with van der Waals surface area (Å²) < 4.78 is 10.4. The standard InChI is InChI=1S/C15H13BrClNO3/c1-9(16)12-7-11(17)4-5-13(12)21-14-6-3-10(8-18-14)15(19)20-2/h3-9H,1-2H3. The number of ether oxygens (including phenoxy) is 2. The third-order valence-corrected chi connectivity index (χ3v) is 3.50. The van der Waals surface area contributed by atoms with Crippen LogP contribution in [0.25, 0.3) is 0 Å². The predicted octanol–water partition coefficient (Wildman–Crippen LogP) is 4.77. The summed E-state index contributed by atoms with van der Waals surface area (Å²) >= 11 is 9.49. The zero-order valence-electron chi connectivity index (χ0n) is 11.5. The maximum atomic E-state index is 11.3. The molecule has 1 unspecified atom stereocenters. The normalized spacial score (nSPS) is 11.8. The number of benzene rings is 1. The highest BCUT2D eigenvalue weighted by atomic mass is 79.9. The first-order valence-electron chi connectivity index (χ1n) is 6.17. The van der Waals surface area contributed by atoms with Gasteiger partial charge in [0.15, 0.2) is 0 Å². The summed E-state index contributed by atoms with van der Waals surface area (Å²) in [5, 5.41) is 0.637. The van der Waals surface area contributed by atoms with E-state index >= 15 is 0 Å². The summed E-state index contributed by atoms with van der Waals surface area (Å²) in [6, 6.07) is 8.58. The number of rotatable bonds is 4. The highest BCUT2D eigenvalue weighted by Crippen LogP contribution is 2.35. The Morgan fingerprint density at radius 2 is 2.10 bits per heavy atom. The van der Waals surface area contributed by atoms with Crippen LogP contribution in [0.15, 0.2) is 36.5 Å². The van der Waals surface area contributed by atoms with Gasteiger partial charge >= 0.3 is 5.97 Å². The smallest absolute Gasteiger partial charge is 0.339 e. The Hall–Kier alpha value is -1.59. The van der Waals surface area contributed by atoms with Crippen LogP contribution in [0.5, 0.6) is 11.6 Å². The molecular weight excluding hydrogens is 358 g/mol. The van der Waals surface area contributed by atoms with E-state index in [1.54, 1.807) is 24.3 Å². The van der Waals surface area contributed by atoms with E-state index in [9.17, 15) is 4.79 Å². The van der Waals surface area contributed by atoms with Crippen molar-refractivity contribution in [2.75, 3.05) is 7.11 Å². The Labute approximate surface area is 136 Å². The molecule has 0 spiro atoms. The Kier molecular flexibility index (Phi) is 5.20. The SMILES string of the molecule is COC(=O)c1ccc(Oc2ccc(Cl)cc2C(C)Br)nc1. The first-order chi connectivity index (χ1) is 10.0. The van der Waals surface area contributed by atoms with Crippen molar-refractivity contribution in [1.29, 1.82) is 0 Å². The number of esters is 1. The molecular formula is C15H13BrClNO3. The second-order valence-electron chi connectivity index (χ2n) is 4.28. The number of methoxy groups -OCH3 is 1. The van der Waals surface area contributed by atoms with Gasteiger partial charge in [-0.3, -0.25) is 0 Å². The van der Waals surface area contributed by atoms with Crippen LogP contribution in [0.2, 0.25) is 5.02 Å². The van der Waals surface area contributed by atoms with Gasteiger partial charge in [0.2, 0.25) is 5.88 Å². The molecule has 0 aliphatic carbocycles. The fraction of sp³-hybridized carbons (Fsp3) is 0.200. The molecule has 1 atom stereocenters. The van der Waals surface area contributed by atoms with Gasteiger partial charge in [-0.2, -0.15) is 0 Å². The van der Waals surface area contributed by atoms with Gasteiger partial charge in [-0.25, -0.2) is 9.78 Å². The van der Waals surface area contributed by atoms with Crippen LogP contribution in [0, 0.1) is 0 Å². The average molecular weight is 371 g/mol. The summed E-state index contributed by atoms with van der Waals surface area (Å²) in [7, 11) is 1.32. The van der Waals surface area contributed by atoms with Crippen molar-refractivity contribution in [2.24, 2.45) is 0 Å². The highest BCUT2D eigenvalue weighted by Gasteiger charge is 2.12. The van der Waals surface area contributed by atoms with Crippen LogP contribution in [0.3, 0.4) is 0 Å². The highest BCUT2D eigenvalue weighted by molar-refractivity contribution is 9.09. The molecule has 0 amide bonds. The molecule has 110 valence electrons. The fourth-order valence-electron chi connectivity index (χ4n) is 1.72. The van der Waals surface area contributed by atoms with Gasteiger partial charge in [-0.15, -0.1) is 0 Å². The predicted molar refractivity (Wildman–Crippen MR) is 84.4 cm³/mol. The zero-order chi connectivity index (χ0) is 15.4. The van der Waals surface area contributed by atoms with Crippen molar-refractivity contribution >= 4 is 33.5 Å². The molecule has 0 bridgehead atoms. The largest absolute Gasteiger partial charge is 0.465 e. The van der Waals surface area contributed by atoms with Crippen molar-refractivity contribution in [3.8, 4) is 11.6 Å². The number of carbonyl (C=O) groups excluding carboxylic acids is 1. The summed E-state index contributed by atoms with van der Waals surface area (Å²) in [4.78, 5) is 15.5. The molecule has 4 nitrogen and oxygen atoms in total. The molecule has 0 saturated heterocycles. The number of nitrogens with zero attached hydrogens (tertiary/aromatic N) is 1. The lowest BCUT2D eigenvalue weighted by atomic mass is 10.1. The number of hydrogen-bond donors (Lipinski definition) is 0. The van der Waals surface area contributed by atoms with Crippen LogP contribution in [0.1, 0.15) is 27.7 Å². The minimum absolute atomic E-state index is 0.0838. The lowest BCUT2D eigenvalue weighted by molar-refractivity contribution is 0.0600. The van der Waals surface area contributed by atoms with Crippen LogP contribution in [0.4, 0.5) is 0 Å². The van der Waals surface area contributed by atoms with Crippen LogP contribution < -0.4 is 4.74 Å². The summed E-state index contributed by atoms with van der Waals surface area (Å²) in [6.45, 7) is 1.98. The second-order valence-corrected chi connectivity index (χ2v) is 6.09. The minimum atomic E-state index is -0.435. The zero-order valence-corrected chi connectivity index (χ0v) is 13.8. The molecule has 0 aliphatic rings. The molecule has 0 saturated carbocycles. The second kappa shape index (κ2) is 6.91. The van der Waals surface area contributed by atoms with E-state index in [1.165, 1.54) is 13.3 Å². The van der Waals surface area contributed by atoms with Crippen molar-refractivity contribution in [3.05, 3.63) is 52.7 Å². The van der Waals surface area contributed by atoms with E-state index < -0.39 is 5.97 Å². The van der Waals surface area contributed by atoms with Gasteiger partial charge in [0, 0.05) is 27.7 Å². The molecule has 1 aromatic heterocycles. The lowest BCUT2D eigenvalue weighted by Crippen LogP contribution is -2.02. The molecule has 0 radical (unpaired) electrons. The molecule has 2 aromatic rings. The monoisotopic (exact) mass is 369 g/mol. The van der Waals surface area contributed by atoms with Crippen molar-refractivity contribution in [3.63, 3.8) is 0 Å². The Balaban J connectivity index is 2.24. The van der Waals surface area contributed by atoms with Crippen LogP contribution in [-0.2, 0) is 4.74 Å². The molecule has 1 heterocycles. The summed E-state index contributed by atoms with van der Waals surface area (Å²) in [5.41, 5.74) is 1.29. The third-order valence-electron chi connectivity index (χ3n) is 2.77. The van der Waals surface area contributed by atoms with Crippen molar-refractivity contribution in [2.45, 2.75) is 11.8 Å². The topological polar surface area (TPSA) is 48.4 Å². The van der Waals surface area contributed by atoms with Gasteiger partial charge in [-0.05, 0) is 31.2 Å². The number of aromatic nitrogens is 1.